The number of rotatable bonds is 9. The summed E-state index contributed by atoms with van der Waals surface area (Å²) in [6.07, 6.45) is 1.07. The second-order valence-corrected chi connectivity index (χ2v) is 6.36. The van der Waals surface area contributed by atoms with E-state index in [-0.39, 0.29) is 24.0 Å². The lowest BCUT2D eigenvalue weighted by molar-refractivity contribution is 0.0748. The first-order chi connectivity index (χ1) is 12.2. The SMILES string of the molecule is CCNC(=NCCOCCOC)NC1CCN(c2cccc(Cl)c2)C1.I. The summed E-state index contributed by atoms with van der Waals surface area (Å²) in [5, 5.41) is 7.59. The van der Waals surface area contributed by atoms with E-state index in [1.54, 1.807) is 7.11 Å². The highest BCUT2D eigenvalue weighted by atomic mass is 127. The average Bonchev–Trinajstić information content (AvgIpc) is 3.06. The Hall–Kier alpha value is -0.770. The van der Waals surface area contributed by atoms with Gasteiger partial charge >= 0.3 is 0 Å². The van der Waals surface area contributed by atoms with E-state index in [0.717, 1.165) is 37.0 Å². The highest BCUT2D eigenvalue weighted by Gasteiger charge is 2.23. The topological polar surface area (TPSA) is 58.1 Å². The third-order valence-corrected chi connectivity index (χ3v) is 4.22. The summed E-state index contributed by atoms with van der Waals surface area (Å²) in [5.74, 6) is 0.843. The molecule has 1 saturated heterocycles. The zero-order valence-electron chi connectivity index (χ0n) is 15.5. The van der Waals surface area contributed by atoms with Crippen molar-refractivity contribution in [1.82, 2.24) is 10.6 Å². The van der Waals surface area contributed by atoms with Crippen molar-refractivity contribution in [3.8, 4) is 0 Å². The van der Waals surface area contributed by atoms with Gasteiger partial charge in [-0.3, -0.25) is 4.99 Å². The zero-order chi connectivity index (χ0) is 17.9. The Labute approximate surface area is 178 Å². The molecule has 1 aliphatic heterocycles. The maximum atomic E-state index is 6.10. The molecule has 0 bridgehead atoms. The molecule has 1 aromatic rings. The second-order valence-electron chi connectivity index (χ2n) is 5.92. The highest BCUT2D eigenvalue weighted by molar-refractivity contribution is 14.0. The molecule has 0 aliphatic carbocycles. The molecule has 2 rings (SSSR count). The molecule has 0 saturated carbocycles. The van der Waals surface area contributed by atoms with E-state index in [2.05, 4.69) is 33.5 Å². The molecular weight excluding hydrogens is 467 g/mol. The third-order valence-electron chi connectivity index (χ3n) is 3.98. The lowest BCUT2D eigenvalue weighted by Crippen LogP contribution is -2.44. The van der Waals surface area contributed by atoms with Crippen molar-refractivity contribution in [3.05, 3.63) is 29.3 Å². The second kappa shape index (κ2) is 13.4. The molecule has 1 unspecified atom stereocenters. The van der Waals surface area contributed by atoms with Crippen molar-refractivity contribution in [2.75, 3.05) is 58.0 Å². The largest absolute Gasteiger partial charge is 0.382 e. The third kappa shape index (κ3) is 8.28. The Morgan fingerprint density at radius 2 is 2.19 bits per heavy atom. The fourth-order valence-corrected chi connectivity index (χ4v) is 2.95. The van der Waals surface area contributed by atoms with E-state index >= 15 is 0 Å². The molecule has 6 nitrogen and oxygen atoms in total. The number of benzene rings is 1. The van der Waals surface area contributed by atoms with Gasteiger partial charge in [-0.1, -0.05) is 17.7 Å². The molecule has 1 fully saturated rings. The molecule has 1 heterocycles. The van der Waals surface area contributed by atoms with Crippen molar-refractivity contribution in [3.63, 3.8) is 0 Å². The zero-order valence-corrected chi connectivity index (χ0v) is 18.6. The van der Waals surface area contributed by atoms with Gasteiger partial charge in [0.15, 0.2) is 5.96 Å². The van der Waals surface area contributed by atoms with Gasteiger partial charge < -0.3 is 25.0 Å². The minimum absolute atomic E-state index is 0. The summed E-state index contributed by atoms with van der Waals surface area (Å²) in [7, 11) is 1.67. The van der Waals surface area contributed by atoms with Gasteiger partial charge in [-0.2, -0.15) is 0 Å². The predicted octanol–water partition coefficient (Wildman–Crippen LogP) is 2.75. The first-order valence-electron chi connectivity index (χ1n) is 8.85. The number of hydrogen-bond acceptors (Lipinski definition) is 4. The van der Waals surface area contributed by atoms with Crippen LogP contribution in [0.2, 0.25) is 5.02 Å². The van der Waals surface area contributed by atoms with Crippen LogP contribution in [-0.2, 0) is 9.47 Å². The quantitative estimate of drug-likeness (QED) is 0.238. The minimum Gasteiger partial charge on any atom is -0.382 e. The van der Waals surface area contributed by atoms with Gasteiger partial charge in [0, 0.05) is 43.5 Å². The molecule has 1 aliphatic rings. The Kier molecular flexibility index (Phi) is 12.0. The molecule has 8 heteroatoms. The van der Waals surface area contributed by atoms with Crippen molar-refractivity contribution in [2.45, 2.75) is 19.4 Å². The molecule has 0 spiro atoms. The van der Waals surface area contributed by atoms with Gasteiger partial charge in [-0.15, -0.1) is 24.0 Å². The van der Waals surface area contributed by atoms with Crippen LogP contribution < -0.4 is 15.5 Å². The number of guanidine groups is 1. The van der Waals surface area contributed by atoms with Crippen molar-refractivity contribution in [1.29, 1.82) is 0 Å². The number of anilines is 1. The molecule has 26 heavy (non-hydrogen) atoms. The number of nitrogens with zero attached hydrogens (tertiary/aromatic N) is 2. The van der Waals surface area contributed by atoms with E-state index in [1.807, 2.05) is 18.2 Å². The number of nitrogens with one attached hydrogen (secondary N) is 2. The smallest absolute Gasteiger partial charge is 0.191 e. The van der Waals surface area contributed by atoms with Crippen LogP contribution in [0.3, 0.4) is 0 Å². The average molecular weight is 497 g/mol. The van der Waals surface area contributed by atoms with E-state index in [0.29, 0.717) is 32.4 Å². The summed E-state index contributed by atoms with van der Waals surface area (Å²) in [6.45, 7) is 7.30. The summed E-state index contributed by atoms with van der Waals surface area (Å²) in [4.78, 5) is 6.92. The van der Waals surface area contributed by atoms with Gasteiger partial charge in [0.1, 0.15) is 0 Å². The fraction of sp³-hybridized carbons (Fsp3) is 0.611. The molecular formula is C18H30ClIN4O2. The molecule has 0 radical (unpaired) electrons. The number of hydrogen-bond donors (Lipinski definition) is 2. The molecule has 0 aromatic heterocycles. The summed E-state index contributed by atoms with van der Waals surface area (Å²) >= 11 is 6.10. The molecule has 148 valence electrons. The molecule has 2 N–H and O–H groups in total. The Balaban J connectivity index is 0.00000338. The number of halogens is 2. The number of ether oxygens (including phenoxy) is 2. The van der Waals surface area contributed by atoms with Crippen LogP contribution in [0.25, 0.3) is 0 Å². The van der Waals surface area contributed by atoms with Gasteiger partial charge in [0.05, 0.1) is 26.4 Å². The van der Waals surface area contributed by atoms with Crippen LogP contribution in [-0.4, -0.2) is 65.1 Å². The Bertz CT molecular complexity index is 548. The first-order valence-corrected chi connectivity index (χ1v) is 9.22. The van der Waals surface area contributed by atoms with Gasteiger partial charge in [0.2, 0.25) is 0 Å². The van der Waals surface area contributed by atoms with Crippen LogP contribution in [0.5, 0.6) is 0 Å². The summed E-state index contributed by atoms with van der Waals surface area (Å²) in [6, 6.07) is 8.38. The Morgan fingerprint density at radius 1 is 1.35 bits per heavy atom. The van der Waals surface area contributed by atoms with Crippen LogP contribution in [0, 0.1) is 0 Å². The van der Waals surface area contributed by atoms with Crippen molar-refractivity contribution < 1.29 is 9.47 Å². The highest BCUT2D eigenvalue weighted by Crippen LogP contribution is 2.23. The van der Waals surface area contributed by atoms with Gasteiger partial charge in [-0.25, -0.2) is 0 Å². The molecule has 1 aromatic carbocycles. The molecule has 0 amide bonds. The minimum atomic E-state index is 0. The predicted molar refractivity (Wildman–Crippen MR) is 119 cm³/mol. The molecule has 1 atom stereocenters. The normalized spacial score (nSPS) is 17.1. The van der Waals surface area contributed by atoms with Crippen LogP contribution in [0.4, 0.5) is 5.69 Å². The lowest BCUT2D eigenvalue weighted by atomic mass is 10.3. The fourth-order valence-electron chi connectivity index (χ4n) is 2.77. The number of aliphatic imine (C=N–C) groups is 1. The maximum Gasteiger partial charge on any atom is 0.191 e. The van der Waals surface area contributed by atoms with E-state index < -0.39 is 0 Å². The van der Waals surface area contributed by atoms with E-state index in [1.165, 1.54) is 5.69 Å². The van der Waals surface area contributed by atoms with Crippen molar-refractivity contribution >= 4 is 47.2 Å². The van der Waals surface area contributed by atoms with E-state index in [9.17, 15) is 0 Å². The van der Waals surface area contributed by atoms with Crippen LogP contribution in [0.15, 0.2) is 29.3 Å². The monoisotopic (exact) mass is 496 g/mol. The first kappa shape index (κ1) is 23.3. The number of methoxy groups -OCH3 is 1. The Morgan fingerprint density at radius 3 is 2.92 bits per heavy atom. The standard InChI is InChI=1S/C18H29ClN4O2.HI/c1-3-20-18(21-8-10-25-12-11-24-2)22-16-7-9-23(14-16)17-6-4-5-15(19)13-17;/h4-6,13,16H,3,7-12,14H2,1-2H3,(H2,20,21,22);1H. The van der Waals surface area contributed by atoms with Gasteiger partial charge in [-0.05, 0) is 31.5 Å². The summed E-state index contributed by atoms with van der Waals surface area (Å²) in [5.41, 5.74) is 1.17. The van der Waals surface area contributed by atoms with Crippen molar-refractivity contribution in [2.24, 2.45) is 4.99 Å². The summed E-state index contributed by atoms with van der Waals surface area (Å²) < 4.78 is 10.4. The maximum absolute atomic E-state index is 6.10. The lowest BCUT2D eigenvalue weighted by Gasteiger charge is -2.20. The van der Waals surface area contributed by atoms with Crippen LogP contribution in [0.1, 0.15) is 13.3 Å². The van der Waals surface area contributed by atoms with E-state index in [4.69, 9.17) is 21.1 Å². The van der Waals surface area contributed by atoms with Gasteiger partial charge in [0.25, 0.3) is 0 Å². The van der Waals surface area contributed by atoms with Crippen LogP contribution >= 0.6 is 35.6 Å².